The highest BCUT2D eigenvalue weighted by molar-refractivity contribution is 5.58. The first kappa shape index (κ1) is 11.5. The van der Waals surface area contributed by atoms with Gasteiger partial charge in [0.15, 0.2) is 11.4 Å². The molecule has 0 atom stereocenters. The summed E-state index contributed by atoms with van der Waals surface area (Å²) >= 11 is 0. The van der Waals surface area contributed by atoms with Gasteiger partial charge in [-0.25, -0.2) is 4.98 Å². The third-order valence-electron chi connectivity index (χ3n) is 2.53. The van der Waals surface area contributed by atoms with E-state index in [9.17, 15) is 0 Å². The van der Waals surface area contributed by atoms with Crippen LogP contribution >= 0.6 is 0 Å². The minimum Gasteiger partial charge on any atom is -0.461 e. The Labute approximate surface area is 109 Å². The van der Waals surface area contributed by atoms with Crippen LogP contribution in [-0.4, -0.2) is 25.6 Å². The van der Waals surface area contributed by atoms with Crippen LogP contribution in [0, 0.1) is 0 Å². The number of nitrogens with zero attached hydrogens (tertiary/aromatic N) is 4. The van der Waals surface area contributed by atoms with Crippen LogP contribution in [0.5, 0.6) is 0 Å². The van der Waals surface area contributed by atoms with E-state index in [1.807, 2.05) is 13.8 Å². The van der Waals surface area contributed by atoms with E-state index in [2.05, 4.69) is 20.4 Å². The third-order valence-corrected chi connectivity index (χ3v) is 2.53. The number of rotatable bonds is 3. The number of anilines is 2. The van der Waals surface area contributed by atoms with Crippen molar-refractivity contribution in [2.24, 2.45) is 0 Å². The van der Waals surface area contributed by atoms with E-state index >= 15 is 0 Å². The first-order chi connectivity index (χ1) is 9.13. The summed E-state index contributed by atoms with van der Waals surface area (Å²) in [4.78, 5) is 8.61. The largest absolute Gasteiger partial charge is 0.461 e. The molecule has 0 aliphatic heterocycles. The fourth-order valence-electron chi connectivity index (χ4n) is 1.79. The molecule has 0 radical (unpaired) electrons. The predicted molar refractivity (Wildman–Crippen MR) is 71.7 cm³/mol. The van der Waals surface area contributed by atoms with Crippen LogP contribution in [0.2, 0.25) is 0 Å². The molecule has 0 aliphatic carbocycles. The van der Waals surface area contributed by atoms with Crippen LogP contribution in [0.15, 0.2) is 28.9 Å². The second-order valence-corrected chi connectivity index (χ2v) is 4.48. The molecule has 0 amide bonds. The number of hydrogen-bond acceptors (Lipinski definition) is 6. The zero-order chi connectivity index (χ0) is 13.4. The van der Waals surface area contributed by atoms with E-state index in [4.69, 9.17) is 10.2 Å². The number of fused-ring (bicyclic) bond motifs is 1. The van der Waals surface area contributed by atoms with Gasteiger partial charge >= 0.3 is 0 Å². The fourth-order valence-corrected chi connectivity index (χ4v) is 1.79. The Morgan fingerprint density at radius 2 is 2.21 bits per heavy atom. The standard InChI is InChI=1S/C12H14N6O/c1-7(2)14-9-6-10-16-11(8-4-3-5-19-8)17-18(10)12(13)15-9/h3-7,14H,1-2H3,(H2,13,15). The second kappa shape index (κ2) is 4.27. The Balaban J connectivity index is 2.09. The van der Waals surface area contributed by atoms with Gasteiger partial charge in [-0.05, 0) is 26.0 Å². The van der Waals surface area contributed by atoms with Crippen molar-refractivity contribution >= 4 is 17.4 Å². The van der Waals surface area contributed by atoms with Crippen LogP contribution in [-0.2, 0) is 0 Å². The zero-order valence-corrected chi connectivity index (χ0v) is 10.7. The van der Waals surface area contributed by atoms with Crippen molar-refractivity contribution in [2.75, 3.05) is 11.1 Å². The molecule has 0 aliphatic rings. The lowest BCUT2D eigenvalue weighted by Gasteiger charge is -2.09. The monoisotopic (exact) mass is 258 g/mol. The molecule has 3 heterocycles. The van der Waals surface area contributed by atoms with Gasteiger partial charge in [-0.2, -0.15) is 9.50 Å². The Morgan fingerprint density at radius 1 is 1.37 bits per heavy atom. The Hall–Kier alpha value is -2.57. The number of nitrogen functional groups attached to an aromatic ring is 1. The Bertz CT molecular complexity index is 700. The number of aromatic nitrogens is 4. The molecule has 0 unspecified atom stereocenters. The molecular weight excluding hydrogens is 244 g/mol. The minimum atomic E-state index is 0.266. The van der Waals surface area contributed by atoms with Crippen LogP contribution in [0.4, 0.5) is 11.8 Å². The first-order valence-electron chi connectivity index (χ1n) is 5.97. The van der Waals surface area contributed by atoms with Crippen molar-refractivity contribution in [3.05, 3.63) is 24.5 Å². The number of nitrogens with one attached hydrogen (secondary N) is 1. The second-order valence-electron chi connectivity index (χ2n) is 4.48. The summed E-state index contributed by atoms with van der Waals surface area (Å²) in [5.41, 5.74) is 6.51. The van der Waals surface area contributed by atoms with Gasteiger partial charge in [-0.3, -0.25) is 0 Å². The molecule has 3 rings (SSSR count). The SMILES string of the molecule is CC(C)Nc1cc2nc(-c3ccco3)nn2c(N)n1. The molecule has 19 heavy (non-hydrogen) atoms. The van der Waals surface area contributed by atoms with Gasteiger partial charge in [0.25, 0.3) is 0 Å². The molecule has 3 aromatic heterocycles. The van der Waals surface area contributed by atoms with Crippen molar-refractivity contribution < 1.29 is 4.42 Å². The van der Waals surface area contributed by atoms with Gasteiger partial charge in [-0.15, -0.1) is 5.10 Å². The molecule has 3 N–H and O–H groups in total. The van der Waals surface area contributed by atoms with Crippen LogP contribution in [0.3, 0.4) is 0 Å². The maximum absolute atomic E-state index is 5.88. The van der Waals surface area contributed by atoms with Crippen molar-refractivity contribution in [3.8, 4) is 11.6 Å². The van der Waals surface area contributed by atoms with Crippen LogP contribution in [0.1, 0.15) is 13.8 Å². The molecule has 0 aromatic carbocycles. The van der Waals surface area contributed by atoms with Gasteiger partial charge < -0.3 is 15.5 Å². The molecule has 0 bridgehead atoms. The van der Waals surface area contributed by atoms with Crippen molar-refractivity contribution in [1.29, 1.82) is 0 Å². The summed E-state index contributed by atoms with van der Waals surface area (Å²) in [6, 6.07) is 5.65. The highest BCUT2D eigenvalue weighted by atomic mass is 16.3. The highest BCUT2D eigenvalue weighted by Crippen LogP contribution is 2.19. The average molecular weight is 258 g/mol. The van der Waals surface area contributed by atoms with Gasteiger partial charge in [0.05, 0.1) is 6.26 Å². The summed E-state index contributed by atoms with van der Waals surface area (Å²) in [6.45, 7) is 4.06. The van der Waals surface area contributed by atoms with Crippen molar-refractivity contribution in [1.82, 2.24) is 19.6 Å². The van der Waals surface area contributed by atoms with Gasteiger partial charge in [-0.1, -0.05) is 0 Å². The molecule has 0 fully saturated rings. The van der Waals surface area contributed by atoms with E-state index in [1.165, 1.54) is 4.52 Å². The quantitative estimate of drug-likeness (QED) is 0.743. The molecule has 0 saturated heterocycles. The predicted octanol–water partition coefficient (Wildman–Crippen LogP) is 1.79. The minimum absolute atomic E-state index is 0.266. The lowest BCUT2D eigenvalue weighted by molar-refractivity contribution is 0.577. The summed E-state index contributed by atoms with van der Waals surface area (Å²) in [5.74, 6) is 2.05. The maximum Gasteiger partial charge on any atom is 0.225 e. The molecule has 7 nitrogen and oxygen atoms in total. The maximum atomic E-state index is 5.88. The Kier molecular flexibility index (Phi) is 2.59. The molecule has 3 aromatic rings. The zero-order valence-electron chi connectivity index (χ0n) is 10.7. The topological polar surface area (TPSA) is 94.3 Å². The summed E-state index contributed by atoms with van der Waals surface area (Å²) in [6.07, 6.45) is 1.58. The van der Waals surface area contributed by atoms with Gasteiger partial charge in [0.1, 0.15) is 5.82 Å². The van der Waals surface area contributed by atoms with E-state index in [-0.39, 0.29) is 12.0 Å². The van der Waals surface area contributed by atoms with Gasteiger partial charge in [0.2, 0.25) is 11.8 Å². The Morgan fingerprint density at radius 3 is 2.89 bits per heavy atom. The average Bonchev–Trinajstić information content (AvgIpc) is 2.95. The molecule has 0 spiro atoms. The van der Waals surface area contributed by atoms with Crippen LogP contribution < -0.4 is 11.1 Å². The third kappa shape index (κ3) is 2.10. The van der Waals surface area contributed by atoms with E-state index < -0.39 is 0 Å². The van der Waals surface area contributed by atoms with Gasteiger partial charge in [0, 0.05) is 12.1 Å². The lowest BCUT2D eigenvalue weighted by Crippen LogP contribution is -2.13. The van der Waals surface area contributed by atoms with E-state index in [0.717, 1.165) is 0 Å². The van der Waals surface area contributed by atoms with E-state index in [0.29, 0.717) is 23.0 Å². The molecule has 0 saturated carbocycles. The number of hydrogen-bond donors (Lipinski definition) is 2. The first-order valence-corrected chi connectivity index (χ1v) is 5.97. The van der Waals surface area contributed by atoms with Crippen molar-refractivity contribution in [2.45, 2.75) is 19.9 Å². The normalized spacial score (nSPS) is 11.3. The number of nitrogens with two attached hydrogens (primary N) is 1. The fraction of sp³-hybridized carbons (Fsp3) is 0.250. The summed E-state index contributed by atoms with van der Waals surface area (Å²) < 4.78 is 6.76. The van der Waals surface area contributed by atoms with Crippen molar-refractivity contribution in [3.63, 3.8) is 0 Å². The lowest BCUT2D eigenvalue weighted by atomic mass is 10.4. The summed E-state index contributed by atoms with van der Waals surface area (Å²) in [5, 5.41) is 7.46. The summed E-state index contributed by atoms with van der Waals surface area (Å²) in [7, 11) is 0. The number of furan rings is 1. The van der Waals surface area contributed by atoms with E-state index in [1.54, 1.807) is 24.5 Å². The smallest absolute Gasteiger partial charge is 0.225 e. The highest BCUT2D eigenvalue weighted by Gasteiger charge is 2.12. The molecular formula is C12H14N6O. The van der Waals surface area contributed by atoms with Crippen LogP contribution in [0.25, 0.3) is 17.2 Å². The molecule has 98 valence electrons. The molecule has 7 heteroatoms.